The van der Waals surface area contributed by atoms with Crippen molar-refractivity contribution in [3.8, 4) is 0 Å². The average Bonchev–Trinajstić information content (AvgIpc) is 2.00. The molecule has 0 saturated carbocycles. The van der Waals surface area contributed by atoms with E-state index < -0.39 is 4.93 Å². The second kappa shape index (κ2) is 4.14. The lowest BCUT2D eigenvalue weighted by Gasteiger charge is -2.31. The highest BCUT2D eigenvalue weighted by Crippen LogP contribution is 2.33. The molecule has 0 saturated heterocycles. The quantitative estimate of drug-likeness (QED) is 0.601. The van der Waals surface area contributed by atoms with Gasteiger partial charge in [0.15, 0.2) is 0 Å². The van der Waals surface area contributed by atoms with Gasteiger partial charge in [0.25, 0.3) is 0 Å². The number of benzene rings is 1. The van der Waals surface area contributed by atoms with E-state index >= 15 is 0 Å². The zero-order valence-electron chi connectivity index (χ0n) is 9.29. The summed E-state index contributed by atoms with van der Waals surface area (Å²) in [6, 6.07) is 6.36. The van der Waals surface area contributed by atoms with E-state index in [1.54, 1.807) is 19.1 Å². The van der Waals surface area contributed by atoms with Crippen LogP contribution in [0.5, 0.6) is 0 Å². The van der Waals surface area contributed by atoms with Crippen LogP contribution in [0, 0.1) is 5.82 Å². The number of thiol groups is 1. The van der Waals surface area contributed by atoms with E-state index in [4.69, 9.17) is 0 Å². The van der Waals surface area contributed by atoms with Crippen LogP contribution in [-0.4, -0.2) is 10.0 Å². The van der Waals surface area contributed by atoms with Gasteiger partial charge in [0.1, 0.15) is 10.8 Å². The molecule has 0 fully saturated rings. The molecule has 0 aliphatic rings. The zero-order chi connectivity index (χ0) is 11.7. The average molecular weight is 228 g/mol. The predicted octanol–water partition coefficient (Wildman–Crippen LogP) is 3.13. The Labute approximate surface area is 95.7 Å². The lowest BCUT2D eigenvalue weighted by atomic mass is 9.80. The maximum Gasteiger partial charge on any atom is 0.123 e. The fraction of sp³-hybridized carbons (Fsp3) is 0.500. The minimum atomic E-state index is -1.02. The van der Waals surface area contributed by atoms with E-state index in [0.29, 0.717) is 6.42 Å². The molecule has 0 heterocycles. The Kier molecular flexibility index (Phi) is 3.46. The Balaban J connectivity index is 2.90. The summed E-state index contributed by atoms with van der Waals surface area (Å²) in [5.41, 5.74) is 0.775. The van der Waals surface area contributed by atoms with Gasteiger partial charge in [0.2, 0.25) is 0 Å². The SMILES string of the molecule is CC(O)(S)CC(C)(C)c1ccc(F)cc1. The third kappa shape index (κ3) is 3.84. The second-order valence-corrected chi connectivity index (χ2v) is 5.75. The molecule has 1 rings (SSSR count). The first-order chi connectivity index (χ1) is 6.71. The summed E-state index contributed by atoms with van der Waals surface area (Å²) in [5, 5.41) is 9.66. The molecule has 0 spiro atoms. The lowest BCUT2D eigenvalue weighted by molar-refractivity contribution is 0.124. The molecule has 3 heteroatoms. The summed E-state index contributed by atoms with van der Waals surface area (Å²) in [4.78, 5) is -1.02. The first-order valence-corrected chi connectivity index (χ1v) is 5.36. The van der Waals surface area contributed by atoms with Gasteiger partial charge in [0.05, 0.1) is 0 Å². The van der Waals surface area contributed by atoms with Crippen molar-refractivity contribution in [2.24, 2.45) is 0 Å². The van der Waals surface area contributed by atoms with Gasteiger partial charge in [-0.2, -0.15) is 0 Å². The van der Waals surface area contributed by atoms with Gasteiger partial charge < -0.3 is 5.11 Å². The van der Waals surface area contributed by atoms with E-state index in [9.17, 15) is 9.50 Å². The van der Waals surface area contributed by atoms with Gasteiger partial charge in [-0.1, -0.05) is 26.0 Å². The highest BCUT2D eigenvalue weighted by atomic mass is 32.1. The molecule has 1 atom stereocenters. The molecule has 0 amide bonds. The molecule has 1 unspecified atom stereocenters. The summed E-state index contributed by atoms with van der Waals surface area (Å²) in [6.45, 7) is 5.66. The Hall–Kier alpha value is -0.540. The molecule has 15 heavy (non-hydrogen) atoms. The number of hydrogen-bond donors (Lipinski definition) is 2. The van der Waals surface area contributed by atoms with Crippen molar-refractivity contribution < 1.29 is 9.50 Å². The number of rotatable bonds is 3. The molecule has 0 aliphatic heterocycles. The van der Waals surface area contributed by atoms with Crippen LogP contribution in [0.4, 0.5) is 4.39 Å². The Morgan fingerprint density at radius 1 is 1.20 bits per heavy atom. The highest BCUT2D eigenvalue weighted by Gasteiger charge is 2.29. The normalized spacial score (nSPS) is 16.1. The summed E-state index contributed by atoms with van der Waals surface area (Å²) in [7, 11) is 0. The predicted molar refractivity (Wildman–Crippen MR) is 63.7 cm³/mol. The summed E-state index contributed by atoms with van der Waals surface area (Å²) in [5.74, 6) is -0.243. The van der Waals surface area contributed by atoms with Gasteiger partial charge in [-0.3, -0.25) is 0 Å². The van der Waals surface area contributed by atoms with Crippen LogP contribution in [-0.2, 0) is 5.41 Å². The van der Waals surface area contributed by atoms with Crippen LogP contribution in [0.2, 0.25) is 0 Å². The van der Waals surface area contributed by atoms with Crippen molar-refractivity contribution in [2.45, 2.75) is 37.5 Å². The molecule has 0 aromatic heterocycles. The topological polar surface area (TPSA) is 20.2 Å². The van der Waals surface area contributed by atoms with E-state index in [2.05, 4.69) is 12.6 Å². The van der Waals surface area contributed by atoms with Crippen molar-refractivity contribution in [1.82, 2.24) is 0 Å². The zero-order valence-corrected chi connectivity index (χ0v) is 10.2. The largest absolute Gasteiger partial charge is 0.380 e. The van der Waals surface area contributed by atoms with E-state index in [0.717, 1.165) is 5.56 Å². The Bertz CT molecular complexity index is 324. The number of aliphatic hydroxyl groups is 1. The van der Waals surface area contributed by atoms with Crippen molar-refractivity contribution in [3.63, 3.8) is 0 Å². The smallest absolute Gasteiger partial charge is 0.123 e. The third-order valence-corrected chi connectivity index (χ3v) is 2.56. The lowest BCUT2D eigenvalue weighted by Crippen LogP contribution is -2.29. The van der Waals surface area contributed by atoms with E-state index in [1.807, 2.05) is 13.8 Å². The molecule has 0 aliphatic carbocycles. The van der Waals surface area contributed by atoms with E-state index in [1.165, 1.54) is 12.1 Å². The van der Waals surface area contributed by atoms with Crippen LogP contribution >= 0.6 is 12.6 Å². The number of hydrogen-bond acceptors (Lipinski definition) is 2. The highest BCUT2D eigenvalue weighted by molar-refractivity contribution is 7.81. The van der Waals surface area contributed by atoms with Crippen LogP contribution < -0.4 is 0 Å². The van der Waals surface area contributed by atoms with Crippen molar-refractivity contribution in [1.29, 1.82) is 0 Å². The van der Waals surface area contributed by atoms with Crippen LogP contribution in [0.3, 0.4) is 0 Å². The summed E-state index contributed by atoms with van der Waals surface area (Å²) >= 11 is 4.10. The van der Waals surface area contributed by atoms with Crippen LogP contribution in [0.15, 0.2) is 24.3 Å². The molecular weight excluding hydrogens is 211 g/mol. The van der Waals surface area contributed by atoms with E-state index in [-0.39, 0.29) is 11.2 Å². The third-order valence-electron chi connectivity index (χ3n) is 2.40. The van der Waals surface area contributed by atoms with Gasteiger partial charge in [0, 0.05) is 0 Å². The van der Waals surface area contributed by atoms with Gasteiger partial charge in [-0.15, -0.1) is 12.6 Å². The van der Waals surface area contributed by atoms with Gasteiger partial charge in [-0.05, 0) is 36.5 Å². The van der Waals surface area contributed by atoms with Crippen molar-refractivity contribution in [2.75, 3.05) is 0 Å². The molecule has 0 bridgehead atoms. The molecule has 0 radical (unpaired) electrons. The fourth-order valence-corrected chi connectivity index (χ4v) is 2.24. The summed E-state index contributed by atoms with van der Waals surface area (Å²) in [6.07, 6.45) is 0.509. The minimum Gasteiger partial charge on any atom is -0.380 e. The van der Waals surface area contributed by atoms with Crippen molar-refractivity contribution in [3.05, 3.63) is 35.6 Å². The molecule has 1 N–H and O–H groups in total. The summed E-state index contributed by atoms with van der Waals surface area (Å²) < 4.78 is 12.7. The Morgan fingerprint density at radius 2 is 1.67 bits per heavy atom. The first-order valence-electron chi connectivity index (χ1n) is 4.91. The monoisotopic (exact) mass is 228 g/mol. The molecule has 1 aromatic rings. The molecule has 1 aromatic carbocycles. The number of halogens is 1. The van der Waals surface area contributed by atoms with Crippen LogP contribution in [0.1, 0.15) is 32.8 Å². The first kappa shape index (κ1) is 12.5. The van der Waals surface area contributed by atoms with Crippen molar-refractivity contribution >= 4 is 12.6 Å². The Morgan fingerprint density at radius 3 is 2.07 bits per heavy atom. The standard InChI is InChI=1S/C12H17FOS/c1-11(2,8-12(3,14)15)9-4-6-10(13)7-5-9/h4-7,14-15H,8H2,1-3H3. The molecule has 1 nitrogen and oxygen atoms in total. The molecule has 84 valence electrons. The maximum absolute atomic E-state index is 12.7. The second-order valence-electron chi connectivity index (χ2n) is 4.78. The van der Waals surface area contributed by atoms with Gasteiger partial charge in [-0.25, -0.2) is 4.39 Å². The maximum atomic E-state index is 12.7. The minimum absolute atomic E-state index is 0.223. The molecular formula is C12H17FOS. The fourth-order valence-electron chi connectivity index (χ4n) is 1.84. The van der Waals surface area contributed by atoms with Gasteiger partial charge >= 0.3 is 0 Å². The van der Waals surface area contributed by atoms with Crippen LogP contribution in [0.25, 0.3) is 0 Å².